The highest BCUT2D eigenvalue weighted by molar-refractivity contribution is 7.09. The smallest absolute Gasteiger partial charge is 0.317 e. The minimum absolute atomic E-state index is 0.0471. The van der Waals surface area contributed by atoms with E-state index < -0.39 is 0 Å². The van der Waals surface area contributed by atoms with Crippen LogP contribution in [-0.4, -0.2) is 41.5 Å². The van der Waals surface area contributed by atoms with Crippen LogP contribution in [0.15, 0.2) is 41.3 Å². The number of urea groups is 1. The van der Waals surface area contributed by atoms with Gasteiger partial charge < -0.3 is 15.5 Å². The number of fused-ring (bicyclic) bond motifs is 1. The lowest BCUT2D eigenvalue weighted by Crippen LogP contribution is -2.44. The van der Waals surface area contributed by atoms with Gasteiger partial charge in [-0.2, -0.15) is 0 Å². The molecule has 2 heterocycles. The molecule has 1 aliphatic heterocycles. The summed E-state index contributed by atoms with van der Waals surface area (Å²) in [5.74, 6) is 0.226. The van der Waals surface area contributed by atoms with E-state index in [1.54, 1.807) is 11.3 Å². The molecule has 1 fully saturated rings. The monoisotopic (exact) mass is 478 g/mol. The van der Waals surface area contributed by atoms with Crippen LogP contribution >= 0.6 is 11.3 Å². The lowest BCUT2D eigenvalue weighted by Gasteiger charge is -2.31. The summed E-state index contributed by atoms with van der Waals surface area (Å²) in [6.45, 7) is 2.19. The van der Waals surface area contributed by atoms with E-state index in [9.17, 15) is 9.59 Å². The van der Waals surface area contributed by atoms with Gasteiger partial charge in [-0.05, 0) is 68.9 Å². The maximum absolute atomic E-state index is 12.8. The predicted octanol–water partition coefficient (Wildman–Crippen LogP) is 5.34. The van der Waals surface area contributed by atoms with E-state index >= 15 is 0 Å². The van der Waals surface area contributed by atoms with E-state index in [0.717, 1.165) is 56.7 Å². The second-order valence-corrected chi connectivity index (χ2v) is 10.6. The number of benzene rings is 1. The lowest BCUT2D eigenvalue weighted by atomic mass is 9.97. The zero-order chi connectivity index (χ0) is 23.3. The van der Waals surface area contributed by atoms with E-state index in [1.165, 1.54) is 42.4 Å². The van der Waals surface area contributed by atoms with Crippen LogP contribution < -0.4 is 10.6 Å². The Kier molecular flexibility index (Phi) is 7.28. The fourth-order valence-corrected chi connectivity index (χ4v) is 6.39. The molecule has 1 aromatic heterocycles. The summed E-state index contributed by atoms with van der Waals surface area (Å²) in [5.41, 5.74) is 4.56. The highest BCUT2D eigenvalue weighted by Crippen LogP contribution is 2.32. The number of aromatic nitrogens is 1. The molecule has 7 heteroatoms. The van der Waals surface area contributed by atoms with E-state index in [0.29, 0.717) is 11.6 Å². The molecule has 3 amide bonds. The molecule has 180 valence electrons. The van der Waals surface area contributed by atoms with Crippen LogP contribution in [0.5, 0.6) is 0 Å². The second-order valence-electron chi connectivity index (χ2n) is 9.69. The average Bonchev–Trinajstić information content (AvgIpc) is 3.53. The van der Waals surface area contributed by atoms with E-state index in [1.807, 2.05) is 16.3 Å². The number of rotatable bonds is 6. The maximum Gasteiger partial charge on any atom is 0.317 e. The zero-order valence-corrected chi connectivity index (χ0v) is 20.5. The number of likely N-dealkylation sites (tertiary alicyclic amines) is 1. The largest absolute Gasteiger partial charge is 0.344 e. The lowest BCUT2D eigenvalue weighted by molar-refractivity contribution is 0.0932. The SMILES string of the molecule is O=C(NC1CCc2ccccc21)c1csc(C2CCN(C(=O)NCCC3=CCCCC3)CC2)n1. The Hall–Kier alpha value is -2.67. The van der Waals surface area contributed by atoms with Crippen LogP contribution in [0.4, 0.5) is 4.79 Å². The quantitative estimate of drug-likeness (QED) is 0.551. The summed E-state index contributed by atoms with van der Waals surface area (Å²) in [5, 5.41) is 9.16. The number of nitrogens with zero attached hydrogens (tertiary/aromatic N) is 2. The van der Waals surface area contributed by atoms with Crippen LogP contribution in [0.3, 0.4) is 0 Å². The van der Waals surface area contributed by atoms with Crippen molar-refractivity contribution in [3.8, 4) is 0 Å². The van der Waals surface area contributed by atoms with E-state index in [-0.39, 0.29) is 18.0 Å². The van der Waals surface area contributed by atoms with Crippen molar-refractivity contribution in [1.29, 1.82) is 0 Å². The molecule has 2 N–H and O–H groups in total. The van der Waals surface area contributed by atoms with Crippen molar-refractivity contribution < 1.29 is 9.59 Å². The molecule has 2 aliphatic carbocycles. The van der Waals surface area contributed by atoms with Crippen LogP contribution in [0, 0.1) is 0 Å². The molecule has 0 radical (unpaired) electrons. The van der Waals surface area contributed by atoms with Crippen molar-refractivity contribution in [3.05, 3.63) is 63.1 Å². The number of hydrogen-bond donors (Lipinski definition) is 2. The van der Waals surface area contributed by atoms with Crippen molar-refractivity contribution in [3.63, 3.8) is 0 Å². The molecule has 34 heavy (non-hydrogen) atoms. The number of amides is 3. The Morgan fingerprint density at radius 2 is 1.94 bits per heavy atom. The van der Waals surface area contributed by atoms with Gasteiger partial charge in [-0.15, -0.1) is 11.3 Å². The molecule has 1 atom stereocenters. The molecule has 1 saturated heterocycles. The van der Waals surface area contributed by atoms with Gasteiger partial charge in [-0.25, -0.2) is 9.78 Å². The first kappa shape index (κ1) is 23.1. The molecule has 1 aromatic carbocycles. The standard InChI is InChI=1S/C27H34N4O2S/c32-25(29-23-11-10-20-8-4-5-9-22(20)23)24-18-34-26(30-24)21-13-16-31(17-14-21)27(33)28-15-12-19-6-2-1-3-7-19/h4-6,8-9,18,21,23H,1-3,7,10-17H2,(H,28,33)(H,29,32). The highest BCUT2D eigenvalue weighted by atomic mass is 32.1. The van der Waals surface area contributed by atoms with Crippen molar-refractivity contribution in [2.24, 2.45) is 0 Å². The predicted molar refractivity (Wildman–Crippen MR) is 135 cm³/mol. The normalized spacial score (nSPS) is 20.5. The molecule has 0 bridgehead atoms. The Bertz CT molecular complexity index is 1050. The van der Waals surface area contributed by atoms with Crippen LogP contribution in [0.2, 0.25) is 0 Å². The van der Waals surface area contributed by atoms with Gasteiger partial charge in [0.25, 0.3) is 5.91 Å². The third-order valence-corrected chi connectivity index (χ3v) is 8.44. The molecule has 5 rings (SSSR count). The van der Waals surface area contributed by atoms with Crippen LogP contribution in [0.25, 0.3) is 0 Å². The molecule has 3 aliphatic rings. The number of piperidine rings is 1. The van der Waals surface area contributed by atoms with Gasteiger partial charge in [-0.3, -0.25) is 4.79 Å². The Morgan fingerprint density at radius 3 is 2.76 bits per heavy atom. The number of nitrogens with one attached hydrogen (secondary N) is 2. The van der Waals surface area contributed by atoms with Crippen molar-refractivity contribution in [2.75, 3.05) is 19.6 Å². The Morgan fingerprint density at radius 1 is 1.09 bits per heavy atom. The number of hydrogen-bond acceptors (Lipinski definition) is 4. The third kappa shape index (κ3) is 5.35. The Balaban J connectivity index is 1.08. The minimum Gasteiger partial charge on any atom is -0.344 e. The van der Waals surface area contributed by atoms with E-state index in [4.69, 9.17) is 0 Å². The first-order chi connectivity index (χ1) is 16.7. The molecule has 2 aromatic rings. The maximum atomic E-state index is 12.8. The fourth-order valence-electron chi connectivity index (χ4n) is 5.42. The molecule has 1 unspecified atom stereocenters. The molecular weight excluding hydrogens is 444 g/mol. The van der Waals surface area contributed by atoms with Gasteiger partial charge in [0.05, 0.1) is 11.0 Å². The van der Waals surface area contributed by atoms with Crippen molar-refractivity contribution >= 4 is 23.3 Å². The van der Waals surface area contributed by atoms with Gasteiger partial charge in [0.2, 0.25) is 0 Å². The summed E-state index contributed by atoms with van der Waals surface area (Å²) in [7, 11) is 0. The highest BCUT2D eigenvalue weighted by Gasteiger charge is 2.28. The fraction of sp³-hybridized carbons (Fsp3) is 0.519. The Labute approximate surface area is 205 Å². The minimum atomic E-state index is -0.0888. The topological polar surface area (TPSA) is 74.3 Å². The number of allylic oxidation sites excluding steroid dienone is 1. The summed E-state index contributed by atoms with van der Waals surface area (Å²) < 4.78 is 0. The average molecular weight is 479 g/mol. The second kappa shape index (κ2) is 10.7. The third-order valence-electron chi connectivity index (χ3n) is 7.43. The van der Waals surface area contributed by atoms with Gasteiger partial charge in [-0.1, -0.05) is 35.9 Å². The van der Waals surface area contributed by atoms with Gasteiger partial charge in [0.15, 0.2) is 0 Å². The van der Waals surface area contributed by atoms with Crippen molar-refractivity contribution in [2.45, 2.75) is 69.7 Å². The number of carbonyl (C=O) groups is 2. The summed E-state index contributed by atoms with van der Waals surface area (Å²) in [4.78, 5) is 32.0. The van der Waals surface area contributed by atoms with Crippen LogP contribution in [-0.2, 0) is 6.42 Å². The number of carbonyl (C=O) groups excluding carboxylic acids is 2. The first-order valence-corrected chi connectivity index (χ1v) is 13.6. The van der Waals surface area contributed by atoms with Gasteiger partial charge in [0, 0.05) is 30.9 Å². The summed E-state index contributed by atoms with van der Waals surface area (Å²) in [6, 6.07) is 8.46. The van der Waals surface area contributed by atoms with E-state index in [2.05, 4.69) is 39.9 Å². The number of thiazole rings is 1. The molecule has 0 spiro atoms. The van der Waals surface area contributed by atoms with Crippen molar-refractivity contribution in [1.82, 2.24) is 20.5 Å². The number of aryl methyl sites for hydroxylation is 1. The van der Waals surface area contributed by atoms with Crippen LogP contribution in [0.1, 0.15) is 89.9 Å². The van der Waals surface area contributed by atoms with Gasteiger partial charge in [0.1, 0.15) is 5.69 Å². The molecular formula is C27H34N4O2S. The molecule has 0 saturated carbocycles. The van der Waals surface area contributed by atoms with Gasteiger partial charge >= 0.3 is 6.03 Å². The summed E-state index contributed by atoms with van der Waals surface area (Å²) >= 11 is 1.57. The first-order valence-electron chi connectivity index (χ1n) is 12.7. The zero-order valence-electron chi connectivity index (χ0n) is 19.7. The summed E-state index contributed by atoms with van der Waals surface area (Å²) in [6.07, 6.45) is 12.0. The molecule has 6 nitrogen and oxygen atoms in total.